The van der Waals surface area contributed by atoms with Gasteiger partial charge in [-0.3, -0.25) is 10.1 Å². The van der Waals surface area contributed by atoms with E-state index in [1.807, 2.05) is 0 Å². The monoisotopic (exact) mass is 254 g/mol. The zero-order valence-corrected chi connectivity index (χ0v) is 10.00. The van der Waals surface area contributed by atoms with Gasteiger partial charge < -0.3 is 10.6 Å². The number of carbonyl (C=O) groups is 2. The van der Waals surface area contributed by atoms with E-state index >= 15 is 0 Å². The molecule has 0 fully saturated rings. The van der Waals surface area contributed by atoms with Crippen LogP contribution in [0.3, 0.4) is 0 Å². The molecule has 0 unspecified atom stereocenters. The van der Waals surface area contributed by atoms with E-state index in [9.17, 15) is 14.0 Å². The number of hydrogen-bond donors (Lipinski definition) is 3. The molecule has 7 heteroatoms. The van der Waals surface area contributed by atoms with E-state index in [1.54, 1.807) is 0 Å². The van der Waals surface area contributed by atoms with Gasteiger partial charge in [0, 0.05) is 26.2 Å². The van der Waals surface area contributed by atoms with Gasteiger partial charge in [0.15, 0.2) is 11.6 Å². The van der Waals surface area contributed by atoms with Gasteiger partial charge in [0.2, 0.25) is 5.91 Å². The van der Waals surface area contributed by atoms with Crippen LogP contribution in [0, 0.1) is 5.82 Å². The molecule has 1 rings (SSSR count). The third-order valence-electron chi connectivity index (χ3n) is 2.00. The largest absolute Gasteiger partial charge is 0.356 e. The molecule has 1 aromatic rings. The van der Waals surface area contributed by atoms with E-state index in [0.29, 0.717) is 19.5 Å². The maximum Gasteiger partial charge on any atom is 0.320 e. The minimum atomic E-state index is -0.592. The van der Waals surface area contributed by atoms with Crippen molar-refractivity contribution in [1.29, 1.82) is 0 Å². The summed E-state index contributed by atoms with van der Waals surface area (Å²) in [5.74, 6) is -0.822. The molecule has 0 saturated heterocycles. The fourth-order valence-electron chi connectivity index (χ4n) is 1.18. The van der Waals surface area contributed by atoms with Crippen molar-refractivity contribution in [2.75, 3.05) is 18.4 Å². The number of rotatable bonds is 5. The number of hydrogen-bond acceptors (Lipinski definition) is 3. The van der Waals surface area contributed by atoms with Crippen molar-refractivity contribution in [1.82, 2.24) is 15.6 Å². The van der Waals surface area contributed by atoms with Crippen LogP contribution in [0.2, 0.25) is 0 Å². The summed E-state index contributed by atoms with van der Waals surface area (Å²) in [6, 6.07) is 2.11. The lowest BCUT2D eigenvalue weighted by Gasteiger charge is -2.07. The lowest BCUT2D eigenvalue weighted by Crippen LogP contribution is -2.32. The molecule has 0 aliphatic carbocycles. The lowest BCUT2D eigenvalue weighted by atomic mass is 10.4. The number of halogens is 1. The number of nitrogens with zero attached hydrogens (tertiary/aromatic N) is 1. The normalized spacial score (nSPS) is 9.67. The summed E-state index contributed by atoms with van der Waals surface area (Å²) in [6.45, 7) is 2.28. The molecular formula is C11H15FN4O2. The Morgan fingerprint density at radius 1 is 1.33 bits per heavy atom. The molecule has 0 radical (unpaired) electrons. The van der Waals surface area contributed by atoms with Gasteiger partial charge in [0.25, 0.3) is 0 Å². The molecule has 0 bridgehead atoms. The second-order valence-electron chi connectivity index (χ2n) is 3.55. The van der Waals surface area contributed by atoms with Crippen LogP contribution in [0.5, 0.6) is 0 Å². The fraction of sp³-hybridized carbons (Fsp3) is 0.364. The third kappa shape index (κ3) is 5.24. The van der Waals surface area contributed by atoms with Gasteiger partial charge in [-0.15, -0.1) is 0 Å². The van der Waals surface area contributed by atoms with Gasteiger partial charge >= 0.3 is 6.03 Å². The number of pyridine rings is 1. The topological polar surface area (TPSA) is 83.1 Å². The van der Waals surface area contributed by atoms with Gasteiger partial charge in [-0.1, -0.05) is 0 Å². The average Bonchev–Trinajstić information content (AvgIpc) is 2.31. The minimum absolute atomic E-state index is 0.114. The van der Waals surface area contributed by atoms with Gasteiger partial charge in [-0.05, 0) is 18.6 Å². The Balaban J connectivity index is 2.22. The molecule has 0 aromatic carbocycles. The lowest BCUT2D eigenvalue weighted by molar-refractivity contribution is -0.118. The molecule has 3 N–H and O–H groups in total. The minimum Gasteiger partial charge on any atom is -0.356 e. The van der Waals surface area contributed by atoms with Gasteiger partial charge in [-0.2, -0.15) is 0 Å². The highest BCUT2D eigenvalue weighted by Crippen LogP contribution is 2.07. The van der Waals surface area contributed by atoms with Crippen LogP contribution in [0.1, 0.15) is 13.3 Å². The van der Waals surface area contributed by atoms with Crippen LogP contribution in [-0.4, -0.2) is 30.0 Å². The zero-order valence-electron chi connectivity index (χ0n) is 10.00. The first-order valence-corrected chi connectivity index (χ1v) is 5.49. The highest BCUT2D eigenvalue weighted by Gasteiger charge is 2.06. The molecule has 0 spiro atoms. The van der Waals surface area contributed by atoms with E-state index in [4.69, 9.17) is 0 Å². The van der Waals surface area contributed by atoms with Crippen LogP contribution >= 0.6 is 0 Å². The van der Waals surface area contributed by atoms with Crippen LogP contribution < -0.4 is 16.0 Å². The number of nitrogens with one attached hydrogen (secondary N) is 3. The Morgan fingerprint density at radius 2 is 2.06 bits per heavy atom. The molecule has 3 amide bonds. The number of urea groups is 1. The molecule has 1 aromatic heterocycles. The molecule has 0 aliphatic heterocycles. The Kier molecular flexibility index (Phi) is 5.56. The van der Waals surface area contributed by atoms with E-state index in [0.717, 1.165) is 0 Å². The SMILES string of the molecule is CC(=O)NCCCNC(=O)Nc1ncccc1F. The predicted octanol–water partition coefficient (Wildman–Crippen LogP) is 0.868. The summed E-state index contributed by atoms with van der Waals surface area (Å²) < 4.78 is 13.1. The van der Waals surface area contributed by atoms with Crippen LogP contribution in [0.4, 0.5) is 15.0 Å². The van der Waals surface area contributed by atoms with Crippen molar-refractivity contribution in [2.45, 2.75) is 13.3 Å². The number of amides is 3. The average molecular weight is 254 g/mol. The van der Waals surface area contributed by atoms with E-state index < -0.39 is 11.8 Å². The molecular weight excluding hydrogens is 239 g/mol. The first kappa shape index (κ1) is 13.9. The fourth-order valence-corrected chi connectivity index (χ4v) is 1.18. The van der Waals surface area contributed by atoms with Gasteiger partial charge in [0.05, 0.1) is 0 Å². The van der Waals surface area contributed by atoms with E-state index in [-0.39, 0.29) is 11.7 Å². The Hall–Kier alpha value is -2.18. The van der Waals surface area contributed by atoms with E-state index in [2.05, 4.69) is 20.9 Å². The van der Waals surface area contributed by atoms with Crippen molar-refractivity contribution in [3.05, 3.63) is 24.1 Å². The first-order valence-electron chi connectivity index (χ1n) is 5.49. The highest BCUT2D eigenvalue weighted by molar-refractivity contribution is 5.88. The van der Waals surface area contributed by atoms with Crippen molar-refractivity contribution in [2.24, 2.45) is 0 Å². The summed E-state index contributed by atoms with van der Waals surface area (Å²) in [5, 5.41) is 7.41. The summed E-state index contributed by atoms with van der Waals surface area (Å²) >= 11 is 0. The second kappa shape index (κ2) is 7.21. The van der Waals surface area contributed by atoms with Crippen LogP contribution in [-0.2, 0) is 4.79 Å². The molecule has 0 aliphatic rings. The second-order valence-corrected chi connectivity index (χ2v) is 3.55. The summed E-state index contributed by atoms with van der Waals surface area (Å²) in [7, 11) is 0. The Bertz CT molecular complexity index is 425. The third-order valence-corrected chi connectivity index (χ3v) is 2.00. The van der Waals surface area contributed by atoms with Crippen LogP contribution in [0.25, 0.3) is 0 Å². The Morgan fingerprint density at radius 3 is 2.72 bits per heavy atom. The van der Waals surface area contributed by atoms with Crippen molar-refractivity contribution >= 4 is 17.8 Å². The summed E-state index contributed by atoms with van der Waals surface area (Å²) in [5.41, 5.74) is 0. The maximum absolute atomic E-state index is 13.1. The van der Waals surface area contributed by atoms with Gasteiger partial charge in [-0.25, -0.2) is 14.2 Å². The molecule has 18 heavy (non-hydrogen) atoms. The van der Waals surface area contributed by atoms with Crippen LogP contribution in [0.15, 0.2) is 18.3 Å². The summed E-state index contributed by atoms with van der Waals surface area (Å²) in [4.78, 5) is 25.6. The quantitative estimate of drug-likeness (QED) is 0.682. The van der Waals surface area contributed by atoms with Crippen molar-refractivity contribution < 1.29 is 14.0 Å². The molecule has 98 valence electrons. The molecule has 0 atom stereocenters. The van der Waals surface area contributed by atoms with Crippen molar-refractivity contribution in [3.8, 4) is 0 Å². The first-order chi connectivity index (χ1) is 8.59. The van der Waals surface area contributed by atoms with Gasteiger partial charge in [0.1, 0.15) is 0 Å². The molecule has 6 nitrogen and oxygen atoms in total. The predicted molar refractivity (Wildman–Crippen MR) is 64.5 cm³/mol. The number of aromatic nitrogens is 1. The number of carbonyl (C=O) groups excluding carboxylic acids is 2. The molecule has 0 saturated carbocycles. The maximum atomic E-state index is 13.1. The highest BCUT2D eigenvalue weighted by atomic mass is 19.1. The molecule has 1 heterocycles. The zero-order chi connectivity index (χ0) is 13.4. The summed E-state index contributed by atoms with van der Waals surface area (Å²) in [6.07, 6.45) is 1.98. The smallest absolute Gasteiger partial charge is 0.320 e. The van der Waals surface area contributed by atoms with Crippen molar-refractivity contribution in [3.63, 3.8) is 0 Å². The number of anilines is 1. The Labute approximate surface area is 104 Å². The standard InChI is InChI=1S/C11H15FN4O2/c1-8(17)13-6-3-7-15-11(18)16-10-9(12)4-2-5-14-10/h2,4-5H,3,6-7H2,1H3,(H,13,17)(H2,14,15,16,18). The van der Waals surface area contributed by atoms with E-state index in [1.165, 1.54) is 25.3 Å².